The summed E-state index contributed by atoms with van der Waals surface area (Å²) in [5, 5.41) is 3.40. The Balaban J connectivity index is 2.30. The summed E-state index contributed by atoms with van der Waals surface area (Å²) in [7, 11) is 1.71. The second kappa shape index (κ2) is 3.38. The first-order valence-corrected chi connectivity index (χ1v) is 4.69. The lowest BCUT2D eigenvalue weighted by Crippen LogP contribution is -2.35. The summed E-state index contributed by atoms with van der Waals surface area (Å²) < 4.78 is 5.20. The highest BCUT2D eigenvalue weighted by Crippen LogP contribution is 2.28. The van der Waals surface area contributed by atoms with Gasteiger partial charge in [-0.2, -0.15) is 0 Å². The summed E-state index contributed by atoms with van der Waals surface area (Å²) in [6.45, 7) is 3.29. The molecule has 0 aliphatic carbocycles. The minimum Gasteiger partial charge on any atom is -0.497 e. The van der Waals surface area contributed by atoms with Crippen molar-refractivity contribution in [2.24, 2.45) is 0 Å². The molecule has 2 nitrogen and oxygen atoms in total. The standard InChI is InChI=1S/C11H15NO/c1-8-3-4-9(13-2)7-10(8)11-5-6-12-11/h3-4,7,11-12H,5-6H2,1-2H3. The largest absolute Gasteiger partial charge is 0.497 e. The van der Waals surface area contributed by atoms with E-state index in [-0.39, 0.29) is 0 Å². The Morgan fingerprint density at radius 3 is 2.77 bits per heavy atom. The second-order valence-corrected chi connectivity index (χ2v) is 3.52. The van der Waals surface area contributed by atoms with Gasteiger partial charge in [-0.1, -0.05) is 6.07 Å². The van der Waals surface area contributed by atoms with E-state index in [1.807, 2.05) is 6.07 Å². The molecule has 1 saturated heterocycles. The minimum absolute atomic E-state index is 0.551. The van der Waals surface area contributed by atoms with Gasteiger partial charge in [0.1, 0.15) is 5.75 Å². The number of ether oxygens (including phenoxy) is 1. The van der Waals surface area contributed by atoms with Gasteiger partial charge in [0.2, 0.25) is 0 Å². The number of rotatable bonds is 2. The first kappa shape index (κ1) is 8.57. The van der Waals surface area contributed by atoms with Crippen molar-refractivity contribution in [2.75, 3.05) is 13.7 Å². The molecule has 1 aliphatic heterocycles. The molecule has 13 heavy (non-hydrogen) atoms. The summed E-state index contributed by atoms with van der Waals surface area (Å²) in [4.78, 5) is 0. The van der Waals surface area contributed by atoms with Crippen LogP contribution in [0.5, 0.6) is 5.75 Å². The molecule has 1 heterocycles. The summed E-state index contributed by atoms with van der Waals surface area (Å²) in [6, 6.07) is 6.81. The average Bonchev–Trinajstić information content (AvgIpc) is 2.06. The van der Waals surface area contributed by atoms with Gasteiger partial charge in [0.25, 0.3) is 0 Å². The number of hydrogen-bond donors (Lipinski definition) is 1. The fraction of sp³-hybridized carbons (Fsp3) is 0.455. The van der Waals surface area contributed by atoms with Gasteiger partial charge < -0.3 is 10.1 Å². The van der Waals surface area contributed by atoms with E-state index in [0.29, 0.717) is 6.04 Å². The topological polar surface area (TPSA) is 21.3 Å². The maximum atomic E-state index is 5.20. The Morgan fingerprint density at radius 2 is 2.23 bits per heavy atom. The Bertz CT molecular complexity index is 305. The molecule has 2 rings (SSSR count). The van der Waals surface area contributed by atoms with Gasteiger partial charge in [-0.25, -0.2) is 0 Å². The van der Waals surface area contributed by atoms with Gasteiger partial charge >= 0.3 is 0 Å². The molecule has 0 aromatic heterocycles. The maximum absolute atomic E-state index is 5.20. The van der Waals surface area contributed by atoms with Crippen LogP contribution in [0, 0.1) is 6.92 Å². The lowest BCUT2D eigenvalue weighted by Gasteiger charge is -2.29. The van der Waals surface area contributed by atoms with Crippen LogP contribution in [-0.4, -0.2) is 13.7 Å². The molecule has 1 aromatic carbocycles. The van der Waals surface area contributed by atoms with Gasteiger partial charge in [-0.15, -0.1) is 0 Å². The monoisotopic (exact) mass is 177 g/mol. The summed E-state index contributed by atoms with van der Waals surface area (Å²) in [5.74, 6) is 0.953. The predicted molar refractivity (Wildman–Crippen MR) is 53.1 cm³/mol. The van der Waals surface area contributed by atoms with Crippen molar-refractivity contribution in [1.82, 2.24) is 5.32 Å². The quantitative estimate of drug-likeness (QED) is 0.746. The van der Waals surface area contributed by atoms with Crippen LogP contribution in [0.2, 0.25) is 0 Å². The van der Waals surface area contributed by atoms with Gasteiger partial charge in [0, 0.05) is 6.04 Å². The van der Waals surface area contributed by atoms with Gasteiger partial charge in [-0.3, -0.25) is 0 Å². The van der Waals surface area contributed by atoms with Crippen LogP contribution in [0.25, 0.3) is 0 Å². The SMILES string of the molecule is COc1ccc(C)c(C2CCN2)c1. The first-order chi connectivity index (χ1) is 6.31. The van der Waals surface area contributed by atoms with E-state index in [0.717, 1.165) is 12.3 Å². The van der Waals surface area contributed by atoms with Gasteiger partial charge in [0.05, 0.1) is 7.11 Å². The van der Waals surface area contributed by atoms with Crippen LogP contribution in [0.4, 0.5) is 0 Å². The molecule has 1 N–H and O–H groups in total. The Morgan fingerprint density at radius 1 is 1.46 bits per heavy atom. The lowest BCUT2D eigenvalue weighted by molar-refractivity contribution is 0.376. The van der Waals surface area contributed by atoms with E-state index in [2.05, 4.69) is 24.4 Å². The lowest BCUT2D eigenvalue weighted by atomic mass is 9.94. The summed E-state index contributed by atoms with van der Waals surface area (Å²) in [6.07, 6.45) is 1.24. The van der Waals surface area contributed by atoms with Crippen molar-refractivity contribution in [3.8, 4) is 5.75 Å². The summed E-state index contributed by atoms with van der Waals surface area (Å²) in [5.41, 5.74) is 2.73. The van der Waals surface area contributed by atoms with Crippen LogP contribution in [-0.2, 0) is 0 Å². The molecule has 1 aromatic rings. The molecule has 1 aliphatic rings. The van der Waals surface area contributed by atoms with Crippen LogP contribution in [0.15, 0.2) is 18.2 Å². The Kier molecular flexibility index (Phi) is 2.23. The highest BCUT2D eigenvalue weighted by molar-refractivity contribution is 5.37. The van der Waals surface area contributed by atoms with E-state index >= 15 is 0 Å². The number of methoxy groups -OCH3 is 1. The fourth-order valence-electron chi connectivity index (χ4n) is 1.68. The fourth-order valence-corrected chi connectivity index (χ4v) is 1.68. The second-order valence-electron chi connectivity index (χ2n) is 3.52. The molecule has 2 heteroatoms. The molecule has 0 bridgehead atoms. The van der Waals surface area contributed by atoms with Gasteiger partial charge in [-0.05, 0) is 43.1 Å². The summed E-state index contributed by atoms with van der Waals surface area (Å²) >= 11 is 0. The van der Waals surface area contributed by atoms with Crippen LogP contribution in [0.1, 0.15) is 23.6 Å². The number of hydrogen-bond acceptors (Lipinski definition) is 2. The molecule has 0 amide bonds. The molecule has 0 spiro atoms. The van der Waals surface area contributed by atoms with E-state index in [9.17, 15) is 0 Å². The zero-order chi connectivity index (χ0) is 9.26. The molecule has 0 saturated carbocycles. The van der Waals surface area contributed by atoms with Crippen molar-refractivity contribution in [3.63, 3.8) is 0 Å². The number of nitrogens with one attached hydrogen (secondary N) is 1. The van der Waals surface area contributed by atoms with Gasteiger partial charge in [0.15, 0.2) is 0 Å². The molecule has 0 radical (unpaired) electrons. The average molecular weight is 177 g/mol. The van der Waals surface area contributed by atoms with Crippen molar-refractivity contribution in [3.05, 3.63) is 29.3 Å². The third-order valence-electron chi connectivity index (χ3n) is 2.69. The zero-order valence-electron chi connectivity index (χ0n) is 8.13. The highest BCUT2D eigenvalue weighted by Gasteiger charge is 2.20. The van der Waals surface area contributed by atoms with Crippen molar-refractivity contribution >= 4 is 0 Å². The number of benzene rings is 1. The van der Waals surface area contributed by atoms with E-state index < -0.39 is 0 Å². The minimum atomic E-state index is 0.551. The van der Waals surface area contributed by atoms with Crippen LogP contribution >= 0.6 is 0 Å². The maximum Gasteiger partial charge on any atom is 0.119 e. The molecule has 1 atom stereocenters. The molecular weight excluding hydrogens is 162 g/mol. The van der Waals surface area contributed by atoms with Crippen molar-refractivity contribution in [2.45, 2.75) is 19.4 Å². The smallest absolute Gasteiger partial charge is 0.119 e. The van der Waals surface area contributed by atoms with Crippen molar-refractivity contribution < 1.29 is 4.74 Å². The number of aryl methyl sites for hydroxylation is 1. The first-order valence-electron chi connectivity index (χ1n) is 4.69. The Hall–Kier alpha value is -1.02. The molecule has 1 unspecified atom stereocenters. The zero-order valence-corrected chi connectivity index (χ0v) is 8.13. The molecular formula is C11H15NO. The van der Waals surface area contributed by atoms with Crippen LogP contribution in [0.3, 0.4) is 0 Å². The van der Waals surface area contributed by atoms with E-state index in [1.165, 1.54) is 17.5 Å². The highest BCUT2D eigenvalue weighted by atomic mass is 16.5. The Labute approximate surface area is 78.9 Å². The van der Waals surface area contributed by atoms with E-state index in [4.69, 9.17) is 4.74 Å². The third kappa shape index (κ3) is 1.54. The third-order valence-corrected chi connectivity index (χ3v) is 2.69. The van der Waals surface area contributed by atoms with Crippen molar-refractivity contribution in [1.29, 1.82) is 0 Å². The van der Waals surface area contributed by atoms with E-state index in [1.54, 1.807) is 7.11 Å². The predicted octanol–water partition coefficient (Wildman–Crippen LogP) is 2.04. The normalized spacial score (nSPS) is 20.9. The molecule has 1 fully saturated rings. The molecule has 70 valence electrons. The van der Waals surface area contributed by atoms with Crippen LogP contribution < -0.4 is 10.1 Å².